The largest absolute Gasteiger partial charge is 0.275 e. The van der Waals surface area contributed by atoms with Gasteiger partial charge in [-0.2, -0.15) is 5.10 Å². The molecule has 0 radical (unpaired) electrons. The van der Waals surface area contributed by atoms with E-state index in [0.717, 1.165) is 0 Å². The van der Waals surface area contributed by atoms with Crippen molar-refractivity contribution in [3.8, 4) is 0 Å². The first-order valence-corrected chi connectivity index (χ1v) is 3.92. The van der Waals surface area contributed by atoms with E-state index in [2.05, 4.69) is 39.0 Å². The fourth-order valence-electron chi connectivity index (χ4n) is 1.35. The van der Waals surface area contributed by atoms with E-state index in [9.17, 15) is 0 Å². The van der Waals surface area contributed by atoms with Gasteiger partial charge in [-0.25, -0.2) is 0 Å². The highest BCUT2D eigenvalue weighted by Gasteiger charge is 2.19. The summed E-state index contributed by atoms with van der Waals surface area (Å²) in [5, 5.41) is 4.40. The number of rotatable bonds is 0. The summed E-state index contributed by atoms with van der Waals surface area (Å²) >= 11 is 0. The number of aromatic nitrogens is 2. The van der Waals surface area contributed by atoms with E-state index in [1.54, 1.807) is 0 Å². The van der Waals surface area contributed by atoms with Crippen LogP contribution >= 0.6 is 0 Å². The molecule has 0 aliphatic carbocycles. The molecule has 2 heteroatoms. The summed E-state index contributed by atoms with van der Waals surface area (Å²) in [5.74, 6) is 0. The van der Waals surface area contributed by atoms with Crippen LogP contribution in [0.25, 0.3) is 0 Å². The van der Waals surface area contributed by atoms with Crippen LogP contribution in [0.1, 0.15) is 32.0 Å². The molecule has 1 aromatic heterocycles. The van der Waals surface area contributed by atoms with Gasteiger partial charge >= 0.3 is 0 Å². The highest BCUT2D eigenvalue weighted by molar-refractivity contribution is 5.21. The maximum atomic E-state index is 4.40. The van der Waals surface area contributed by atoms with Crippen LogP contribution < -0.4 is 0 Å². The van der Waals surface area contributed by atoms with Gasteiger partial charge in [0.1, 0.15) is 0 Å². The minimum absolute atomic E-state index is 0.172. The number of hydrogen-bond donors (Lipinski definition) is 0. The Kier molecular flexibility index (Phi) is 1.78. The lowest BCUT2D eigenvalue weighted by Crippen LogP contribution is -2.13. The molecule has 0 unspecified atom stereocenters. The summed E-state index contributed by atoms with van der Waals surface area (Å²) in [5.41, 5.74) is 2.64. The summed E-state index contributed by atoms with van der Waals surface area (Å²) in [4.78, 5) is 0. The minimum atomic E-state index is 0.172. The molecular formula is C9H16N2. The molecule has 0 fully saturated rings. The standard InChI is InChI=1S/C9H16N2/c1-7-6-11(5)10-8(7)9(2,3)4/h6H,1-5H3. The molecule has 0 N–H and O–H groups in total. The second-order valence-corrected chi connectivity index (χ2v) is 4.08. The Morgan fingerprint density at radius 3 is 2.09 bits per heavy atom. The molecule has 0 aromatic carbocycles. The van der Waals surface area contributed by atoms with E-state index in [0.29, 0.717) is 0 Å². The first-order chi connectivity index (χ1) is 4.91. The van der Waals surface area contributed by atoms with E-state index < -0.39 is 0 Å². The summed E-state index contributed by atoms with van der Waals surface area (Å²) in [7, 11) is 1.96. The van der Waals surface area contributed by atoms with E-state index in [1.165, 1.54) is 11.3 Å². The molecule has 0 saturated carbocycles. The van der Waals surface area contributed by atoms with Crippen molar-refractivity contribution < 1.29 is 0 Å². The van der Waals surface area contributed by atoms with Crippen LogP contribution in [0.5, 0.6) is 0 Å². The third-order valence-electron chi connectivity index (χ3n) is 1.72. The van der Waals surface area contributed by atoms with Gasteiger partial charge in [0.25, 0.3) is 0 Å². The predicted molar refractivity (Wildman–Crippen MR) is 46.6 cm³/mol. The van der Waals surface area contributed by atoms with E-state index in [-0.39, 0.29) is 5.41 Å². The third-order valence-corrected chi connectivity index (χ3v) is 1.72. The van der Waals surface area contributed by atoms with E-state index in [4.69, 9.17) is 0 Å². The number of aryl methyl sites for hydroxylation is 2. The average Bonchev–Trinajstić information content (AvgIpc) is 2.08. The third kappa shape index (κ3) is 1.62. The maximum Gasteiger partial charge on any atom is 0.0706 e. The zero-order valence-electron chi connectivity index (χ0n) is 7.97. The Balaban J connectivity index is 3.13. The summed E-state index contributed by atoms with van der Waals surface area (Å²) in [6.07, 6.45) is 2.06. The Morgan fingerprint density at radius 1 is 1.36 bits per heavy atom. The SMILES string of the molecule is Cc1cn(C)nc1C(C)(C)C. The predicted octanol–water partition coefficient (Wildman–Crippen LogP) is 2.03. The van der Waals surface area contributed by atoms with Gasteiger partial charge in [-0.1, -0.05) is 20.8 Å². The number of hydrogen-bond acceptors (Lipinski definition) is 1. The molecule has 0 saturated heterocycles. The Hall–Kier alpha value is -0.790. The number of nitrogens with zero attached hydrogens (tertiary/aromatic N) is 2. The molecule has 0 spiro atoms. The monoisotopic (exact) mass is 152 g/mol. The molecule has 1 rings (SSSR count). The van der Waals surface area contributed by atoms with Crippen molar-refractivity contribution in [3.63, 3.8) is 0 Å². The summed E-state index contributed by atoms with van der Waals surface area (Å²) in [6.45, 7) is 8.65. The lowest BCUT2D eigenvalue weighted by Gasteiger charge is -2.15. The molecular weight excluding hydrogens is 136 g/mol. The molecule has 2 nitrogen and oxygen atoms in total. The molecule has 0 amide bonds. The molecule has 62 valence electrons. The topological polar surface area (TPSA) is 17.8 Å². The van der Waals surface area contributed by atoms with E-state index >= 15 is 0 Å². The smallest absolute Gasteiger partial charge is 0.0706 e. The normalized spacial score (nSPS) is 12.1. The van der Waals surface area contributed by atoms with Crippen LogP contribution in [0.3, 0.4) is 0 Å². The Labute approximate surface area is 68.2 Å². The van der Waals surface area contributed by atoms with Crippen LogP contribution in [-0.4, -0.2) is 9.78 Å². The zero-order chi connectivity index (χ0) is 8.65. The summed E-state index contributed by atoms with van der Waals surface area (Å²) in [6, 6.07) is 0. The highest BCUT2D eigenvalue weighted by Crippen LogP contribution is 2.22. The minimum Gasteiger partial charge on any atom is -0.275 e. The van der Waals surface area contributed by atoms with Gasteiger partial charge in [0.15, 0.2) is 0 Å². The average molecular weight is 152 g/mol. The second-order valence-electron chi connectivity index (χ2n) is 4.08. The molecule has 1 heterocycles. The Bertz CT molecular complexity index is 253. The van der Waals surface area contributed by atoms with Crippen LogP contribution in [0.15, 0.2) is 6.20 Å². The summed E-state index contributed by atoms with van der Waals surface area (Å²) < 4.78 is 1.87. The van der Waals surface area contributed by atoms with Crippen molar-refractivity contribution in [2.45, 2.75) is 33.1 Å². The van der Waals surface area contributed by atoms with Crippen LogP contribution in [0, 0.1) is 6.92 Å². The van der Waals surface area contributed by atoms with Crippen molar-refractivity contribution in [1.29, 1.82) is 0 Å². The van der Waals surface area contributed by atoms with Crippen molar-refractivity contribution in [2.75, 3.05) is 0 Å². The molecule has 0 aliphatic rings. The first kappa shape index (κ1) is 8.31. The Morgan fingerprint density at radius 2 is 1.91 bits per heavy atom. The van der Waals surface area contributed by atoms with Crippen molar-refractivity contribution in [1.82, 2.24) is 9.78 Å². The van der Waals surface area contributed by atoms with Gasteiger partial charge in [0.05, 0.1) is 5.69 Å². The van der Waals surface area contributed by atoms with Crippen LogP contribution in [0.4, 0.5) is 0 Å². The van der Waals surface area contributed by atoms with Crippen molar-refractivity contribution in [2.24, 2.45) is 7.05 Å². The lowest BCUT2D eigenvalue weighted by atomic mass is 9.90. The fourth-order valence-corrected chi connectivity index (χ4v) is 1.35. The van der Waals surface area contributed by atoms with Gasteiger partial charge in [-0.3, -0.25) is 4.68 Å². The van der Waals surface area contributed by atoms with Gasteiger partial charge in [0.2, 0.25) is 0 Å². The van der Waals surface area contributed by atoms with Gasteiger partial charge in [-0.05, 0) is 12.5 Å². The molecule has 0 aliphatic heterocycles. The molecule has 0 atom stereocenters. The first-order valence-electron chi connectivity index (χ1n) is 3.92. The second kappa shape index (κ2) is 2.36. The van der Waals surface area contributed by atoms with Crippen molar-refractivity contribution >= 4 is 0 Å². The van der Waals surface area contributed by atoms with Gasteiger partial charge in [0, 0.05) is 18.7 Å². The van der Waals surface area contributed by atoms with Crippen LogP contribution in [-0.2, 0) is 12.5 Å². The maximum absolute atomic E-state index is 4.40. The van der Waals surface area contributed by atoms with Crippen molar-refractivity contribution in [3.05, 3.63) is 17.5 Å². The highest BCUT2D eigenvalue weighted by atomic mass is 15.3. The van der Waals surface area contributed by atoms with Gasteiger partial charge in [-0.15, -0.1) is 0 Å². The molecule has 1 aromatic rings. The van der Waals surface area contributed by atoms with E-state index in [1.807, 2.05) is 11.7 Å². The molecule has 0 bridgehead atoms. The quantitative estimate of drug-likeness (QED) is 0.556. The zero-order valence-corrected chi connectivity index (χ0v) is 7.97. The fraction of sp³-hybridized carbons (Fsp3) is 0.667. The molecule has 11 heavy (non-hydrogen) atoms. The lowest BCUT2D eigenvalue weighted by molar-refractivity contribution is 0.550. The van der Waals surface area contributed by atoms with Crippen LogP contribution in [0.2, 0.25) is 0 Å². The van der Waals surface area contributed by atoms with Gasteiger partial charge < -0.3 is 0 Å².